The van der Waals surface area contributed by atoms with Crippen LogP contribution in [0.5, 0.6) is 0 Å². The summed E-state index contributed by atoms with van der Waals surface area (Å²) in [6, 6.07) is 7.32. The molecule has 2 heterocycles. The minimum Gasteiger partial charge on any atom is -0.361 e. The second-order valence-electron chi connectivity index (χ2n) is 7.30. The molecular formula is C19H26N2OS. The molecule has 0 saturated carbocycles. The number of likely N-dealkylation sites (tertiary alicyclic amines) is 1. The summed E-state index contributed by atoms with van der Waals surface area (Å²) >= 11 is 0. The molecule has 1 aromatic heterocycles. The maximum Gasteiger partial charge on any atom is 0.0459 e. The third kappa shape index (κ3) is 2.66. The first-order valence-electron chi connectivity index (χ1n) is 8.80. The number of benzene rings is 1. The number of nitrogens with zero attached hydrogens (tertiary/aromatic N) is 1. The highest BCUT2D eigenvalue weighted by atomic mass is 32.2. The maximum atomic E-state index is 11.8. The average molecular weight is 330 g/mol. The fourth-order valence-electron chi connectivity index (χ4n) is 4.90. The Morgan fingerprint density at radius 3 is 3.04 bits per heavy atom. The molecule has 1 aliphatic carbocycles. The van der Waals surface area contributed by atoms with Crippen molar-refractivity contribution in [2.75, 3.05) is 25.1 Å². The van der Waals surface area contributed by atoms with Crippen molar-refractivity contribution in [3.8, 4) is 0 Å². The van der Waals surface area contributed by atoms with Crippen molar-refractivity contribution in [1.29, 1.82) is 0 Å². The van der Waals surface area contributed by atoms with Crippen LogP contribution in [0.1, 0.15) is 36.8 Å². The van der Waals surface area contributed by atoms with Gasteiger partial charge in [-0.3, -0.25) is 9.11 Å². The predicted molar refractivity (Wildman–Crippen MR) is 97.4 cm³/mol. The number of hydrogen-bond acceptors (Lipinski definition) is 2. The van der Waals surface area contributed by atoms with E-state index in [1.54, 1.807) is 0 Å². The third-order valence-corrected chi connectivity index (χ3v) is 6.58. The van der Waals surface area contributed by atoms with Crippen molar-refractivity contribution >= 4 is 21.7 Å². The van der Waals surface area contributed by atoms with Gasteiger partial charge in [0.05, 0.1) is 0 Å². The molecule has 1 aromatic carbocycles. The molecule has 1 fully saturated rings. The Morgan fingerprint density at radius 2 is 2.26 bits per heavy atom. The van der Waals surface area contributed by atoms with Gasteiger partial charge >= 0.3 is 0 Å². The van der Waals surface area contributed by atoms with Crippen molar-refractivity contribution in [1.82, 2.24) is 9.88 Å². The van der Waals surface area contributed by atoms with Crippen LogP contribution in [0.15, 0.2) is 24.4 Å². The Balaban J connectivity index is 1.74. The van der Waals surface area contributed by atoms with Gasteiger partial charge < -0.3 is 4.98 Å². The number of rotatable bonds is 4. The Kier molecular flexibility index (Phi) is 4.06. The van der Waals surface area contributed by atoms with E-state index >= 15 is 0 Å². The number of H-pyrrole nitrogens is 1. The predicted octanol–water partition coefficient (Wildman–Crippen LogP) is 3.29. The fourth-order valence-corrected chi connectivity index (χ4v) is 5.80. The Labute approximate surface area is 140 Å². The molecule has 4 unspecified atom stereocenters. The molecule has 23 heavy (non-hydrogen) atoms. The largest absolute Gasteiger partial charge is 0.361 e. The van der Waals surface area contributed by atoms with E-state index in [4.69, 9.17) is 0 Å². The van der Waals surface area contributed by atoms with Crippen molar-refractivity contribution in [3.63, 3.8) is 0 Å². The first kappa shape index (κ1) is 15.4. The van der Waals surface area contributed by atoms with E-state index in [1.165, 1.54) is 34.9 Å². The van der Waals surface area contributed by atoms with Crippen LogP contribution in [0.4, 0.5) is 0 Å². The van der Waals surface area contributed by atoms with Gasteiger partial charge in [0.15, 0.2) is 0 Å². The van der Waals surface area contributed by atoms with E-state index in [1.807, 2.05) is 6.26 Å². The lowest BCUT2D eigenvalue weighted by Crippen LogP contribution is -2.51. The van der Waals surface area contributed by atoms with Crippen LogP contribution in [0.25, 0.3) is 10.9 Å². The second kappa shape index (κ2) is 6.06. The number of aromatic amines is 1. The molecule has 0 bridgehead atoms. The van der Waals surface area contributed by atoms with Crippen LogP contribution in [0.3, 0.4) is 0 Å². The number of aromatic nitrogens is 1. The highest BCUT2D eigenvalue weighted by Gasteiger charge is 2.40. The molecule has 1 saturated heterocycles. The van der Waals surface area contributed by atoms with Crippen LogP contribution in [0, 0.1) is 5.92 Å². The van der Waals surface area contributed by atoms with Crippen LogP contribution in [0.2, 0.25) is 0 Å². The van der Waals surface area contributed by atoms with E-state index in [2.05, 4.69) is 41.2 Å². The summed E-state index contributed by atoms with van der Waals surface area (Å²) in [5.74, 6) is 2.00. The molecule has 4 heteroatoms. The molecule has 4 rings (SSSR count). The molecule has 0 amide bonds. The third-order valence-electron chi connectivity index (χ3n) is 5.64. The smallest absolute Gasteiger partial charge is 0.0459 e. The summed E-state index contributed by atoms with van der Waals surface area (Å²) in [5.41, 5.74) is 4.28. The first-order valence-corrected chi connectivity index (χ1v) is 10.5. The van der Waals surface area contributed by atoms with Crippen molar-refractivity contribution in [3.05, 3.63) is 35.5 Å². The minimum absolute atomic E-state index is 0.560. The zero-order valence-corrected chi connectivity index (χ0v) is 14.9. The molecule has 2 aromatic rings. The number of piperidine rings is 1. The summed E-state index contributed by atoms with van der Waals surface area (Å²) in [4.78, 5) is 6.13. The number of fused-ring (bicyclic) bond motifs is 2. The molecule has 124 valence electrons. The zero-order chi connectivity index (χ0) is 16.0. The quantitative estimate of drug-likeness (QED) is 0.934. The van der Waals surface area contributed by atoms with Crippen LogP contribution in [-0.4, -0.2) is 45.2 Å². The van der Waals surface area contributed by atoms with Gasteiger partial charge in [-0.1, -0.05) is 19.1 Å². The maximum absolute atomic E-state index is 11.8. The van der Waals surface area contributed by atoms with E-state index in [0.29, 0.717) is 17.9 Å². The van der Waals surface area contributed by atoms with Gasteiger partial charge in [0.2, 0.25) is 0 Å². The average Bonchev–Trinajstić information content (AvgIpc) is 2.93. The number of hydrogen-bond donors (Lipinski definition) is 1. The number of nitrogens with one attached hydrogen (secondary N) is 1. The lowest BCUT2D eigenvalue weighted by molar-refractivity contribution is 0.0923. The highest BCUT2D eigenvalue weighted by molar-refractivity contribution is 7.84. The van der Waals surface area contributed by atoms with Crippen molar-refractivity contribution < 1.29 is 4.21 Å². The summed E-state index contributed by atoms with van der Waals surface area (Å²) in [6.45, 7) is 4.54. The fraction of sp³-hybridized carbons (Fsp3) is 0.579. The van der Waals surface area contributed by atoms with Crippen LogP contribution in [-0.2, 0) is 17.2 Å². The van der Waals surface area contributed by atoms with Gasteiger partial charge in [0, 0.05) is 58.4 Å². The SMILES string of the molecule is CCCN1CC(CS(C)=O)CC2c3cccc4[nH]cc(c34)CC21. The Hall–Kier alpha value is -1.13. The van der Waals surface area contributed by atoms with Crippen LogP contribution < -0.4 is 0 Å². The minimum atomic E-state index is -0.701. The normalized spacial score (nSPS) is 28.7. The lowest BCUT2D eigenvalue weighted by Gasteiger charge is -2.47. The van der Waals surface area contributed by atoms with Gasteiger partial charge in [-0.2, -0.15) is 0 Å². The molecule has 3 nitrogen and oxygen atoms in total. The molecule has 0 spiro atoms. The summed E-state index contributed by atoms with van der Waals surface area (Å²) in [7, 11) is -0.701. The first-order chi connectivity index (χ1) is 11.2. The zero-order valence-electron chi connectivity index (χ0n) is 14.0. The standard InChI is InChI=1S/C19H26N2OS/c1-3-7-21-11-13(12-23(2)22)8-16-15-5-4-6-17-19(15)14(10-20-17)9-18(16)21/h4-6,10,13,16,18,20H,3,7-9,11-12H2,1-2H3. The van der Waals surface area contributed by atoms with Crippen LogP contribution >= 0.6 is 0 Å². The molecular weight excluding hydrogens is 304 g/mol. The molecule has 4 atom stereocenters. The van der Waals surface area contributed by atoms with E-state index in [0.717, 1.165) is 25.3 Å². The van der Waals surface area contributed by atoms with Gasteiger partial charge in [-0.25, -0.2) is 0 Å². The Morgan fingerprint density at radius 1 is 1.39 bits per heavy atom. The van der Waals surface area contributed by atoms with E-state index in [-0.39, 0.29) is 0 Å². The molecule has 1 aliphatic heterocycles. The van der Waals surface area contributed by atoms with Gasteiger partial charge in [0.25, 0.3) is 0 Å². The Bertz CT molecular complexity index is 738. The summed E-state index contributed by atoms with van der Waals surface area (Å²) in [6.07, 6.45) is 7.59. The summed E-state index contributed by atoms with van der Waals surface area (Å²) < 4.78 is 11.8. The van der Waals surface area contributed by atoms with Gasteiger partial charge in [-0.15, -0.1) is 0 Å². The monoisotopic (exact) mass is 330 g/mol. The molecule has 0 radical (unpaired) electrons. The van der Waals surface area contributed by atoms with Gasteiger partial charge in [-0.05, 0) is 48.9 Å². The van der Waals surface area contributed by atoms with Crippen molar-refractivity contribution in [2.45, 2.75) is 38.1 Å². The highest BCUT2D eigenvalue weighted by Crippen LogP contribution is 2.44. The molecule has 1 N–H and O–H groups in total. The lowest BCUT2D eigenvalue weighted by atomic mass is 9.72. The second-order valence-corrected chi connectivity index (χ2v) is 8.78. The molecule has 2 aliphatic rings. The van der Waals surface area contributed by atoms with E-state index < -0.39 is 10.8 Å². The van der Waals surface area contributed by atoms with Crippen molar-refractivity contribution in [2.24, 2.45) is 5.92 Å². The van der Waals surface area contributed by atoms with Gasteiger partial charge in [0.1, 0.15) is 0 Å². The topological polar surface area (TPSA) is 36.1 Å². The summed E-state index contributed by atoms with van der Waals surface area (Å²) in [5, 5.41) is 1.46. The van der Waals surface area contributed by atoms with E-state index in [9.17, 15) is 4.21 Å².